The van der Waals surface area contributed by atoms with Crippen molar-refractivity contribution < 1.29 is 9.53 Å². The van der Waals surface area contributed by atoms with Crippen molar-refractivity contribution in [2.45, 2.75) is 39.7 Å². The predicted octanol–water partition coefficient (Wildman–Crippen LogP) is 2.68. The van der Waals surface area contributed by atoms with E-state index in [0.717, 1.165) is 50.7 Å². The van der Waals surface area contributed by atoms with Crippen LogP contribution in [0, 0.1) is 0 Å². The predicted molar refractivity (Wildman–Crippen MR) is 118 cm³/mol. The number of aliphatic imine (C=N–C) groups is 1. The lowest BCUT2D eigenvalue weighted by Gasteiger charge is -2.11. The van der Waals surface area contributed by atoms with Crippen molar-refractivity contribution in [3.8, 4) is 0 Å². The molecule has 0 saturated carbocycles. The van der Waals surface area contributed by atoms with Crippen LogP contribution >= 0.6 is 24.0 Å². The molecular formula is C19H33IN4O2. The van der Waals surface area contributed by atoms with Gasteiger partial charge in [-0.05, 0) is 32.3 Å². The van der Waals surface area contributed by atoms with Gasteiger partial charge in [0.05, 0.1) is 0 Å². The van der Waals surface area contributed by atoms with Crippen LogP contribution in [0.5, 0.6) is 0 Å². The van der Waals surface area contributed by atoms with Gasteiger partial charge in [0.15, 0.2) is 5.96 Å². The van der Waals surface area contributed by atoms with Gasteiger partial charge >= 0.3 is 0 Å². The number of nitrogens with one attached hydrogen (secondary N) is 3. The highest BCUT2D eigenvalue weighted by Crippen LogP contribution is 1.97. The Morgan fingerprint density at radius 3 is 2.54 bits per heavy atom. The molecule has 0 saturated heterocycles. The summed E-state index contributed by atoms with van der Waals surface area (Å²) in [5, 5.41) is 9.31. The molecule has 1 rings (SSSR count). The summed E-state index contributed by atoms with van der Waals surface area (Å²) in [6, 6.07) is 9.90. The molecule has 0 spiro atoms. The SMILES string of the molecule is CCNC(=NCCCCOCC)NCCC(=O)NCc1ccccc1.I. The van der Waals surface area contributed by atoms with Gasteiger partial charge in [-0.3, -0.25) is 9.79 Å². The summed E-state index contributed by atoms with van der Waals surface area (Å²) < 4.78 is 5.31. The van der Waals surface area contributed by atoms with Crippen molar-refractivity contribution in [1.29, 1.82) is 0 Å². The smallest absolute Gasteiger partial charge is 0.222 e. The highest BCUT2D eigenvalue weighted by atomic mass is 127. The van der Waals surface area contributed by atoms with E-state index in [1.807, 2.05) is 44.2 Å². The third kappa shape index (κ3) is 12.9. The zero-order valence-corrected chi connectivity index (χ0v) is 18.3. The second-order valence-electron chi connectivity index (χ2n) is 5.60. The summed E-state index contributed by atoms with van der Waals surface area (Å²) in [5.41, 5.74) is 1.10. The van der Waals surface area contributed by atoms with Gasteiger partial charge < -0.3 is 20.7 Å². The highest BCUT2D eigenvalue weighted by Gasteiger charge is 2.02. The molecule has 148 valence electrons. The molecule has 1 aromatic carbocycles. The fourth-order valence-corrected chi connectivity index (χ4v) is 2.17. The van der Waals surface area contributed by atoms with E-state index in [0.29, 0.717) is 19.5 Å². The summed E-state index contributed by atoms with van der Waals surface area (Å²) in [5.74, 6) is 0.790. The third-order valence-electron chi connectivity index (χ3n) is 3.49. The first kappa shape index (κ1) is 24.7. The van der Waals surface area contributed by atoms with Crippen LogP contribution in [-0.4, -0.2) is 44.7 Å². The summed E-state index contributed by atoms with van der Waals surface area (Å²) in [6.45, 7) is 8.25. The lowest BCUT2D eigenvalue weighted by molar-refractivity contribution is -0.121. The third-order valence-corrected chi connectivity index (χ3v) is 3.49. The zero-order valence-electron chi connectivity index (χ0n) is 15.9. The lowest BCUT2D eigenvalue weighted by Crippen LogP contribution is -2.39. The van der Waals surface area contributed by atoms with Gasteiger partial charge in [0, 0.05) is 45.8 Å². The van der Waals surface area contributed by atoms with Crippen LogP contribution < -0.4 is 16.0 Å². The van der Waals surface area contributed by atoms with Gasteiger partial charge in [0.1, 0.15) is 0 Å². The number of nitrogens with zero attached hydrogens (tertiary/aromatic N) is 1. The Morgan fingerprint density at radius 2 is 1.85 bits per heavy atom. The quantitative estimate of drug-likeness (QED) is 0.188. The monoisotopic (exact) mass is 476 g/mol. The normalized spacial score (nSPS) is 10.8. The molecule has 0 aliphatic rings. The number of hydrogen-bond acceptors (Lipinski definition) is 3. The van der Waals surface area contributed by atoms with Crippen molar-refractivity contribution in [2.24, 2.45) is 4.99 Å². The molecule has 3 N–H and O–H groups in total. The Morgan fingerprint density at radius 1 is 1.08 bits per heavy atom. The number of rotatable bonds is 12. The Hall–Kier alpha value is -1.35. The van der Waals surface area contributed by atoms with Crippen LogP contribution in [0.3, 0.4) is 0 Å². The Bertz CT molecular complexity index is 498. The number of amides is 1. The molecule has 0 bridgehead atoms. The van der Waals surface area contributed by atoms with E-state index in [2.05, 4.69) is 20.9 Å². The molecule has 0 fully saturated rings. The van der Waals surface area contributed by atoms with Gasteiger partial charge in [-0.2, -0.15) is 0 Å². The fraction of sp³-hybridized carbons (Fsp3) is 0.579. The molecular weight excluding hydrogens is 443 g/mol. The molecule has 0 aliphatic heterocycles. The van der Waals surface area contributed by atoms with Crippen molar-refractivity contribution in [3.63, 3.8) is 0 Å². The molecule has 0 radical (unpaired) electrons. The van der Waals surface area contributed by atoms with E-state index in [9.17, 15) is 4.79 Å². The molecule has 0 unspecified atom stereocenters. The molecule has 1 aromatic rings. The number of guanidine groups is 1. The van der Waals surface area contributed by atoms with Gasteiger partial charge in [0.25, 0.3) is 0 Å². The first-order valence-corrected chi connectivity index (χ1v) is 9.16. The van der Waals surface area contributed by atoms with Gasteiger partial charge in [0.2, 0.25) is 5.91 Å². The molecule has 1 amide bonds. The van der Waals surface area contributed by atoms with E-state index < -0.39 is 0 Å². The molecule has 0 atom stereocenters. The fourth-order valence-electron chi connectivity index (χ4n) is 2.17. The molecule has 0 aromatic heterocycles. The number of halogens is 1. The number of carbonyl (C=O) groups is 1. The minimum absolute atomic E-state index is 0. The van der Waals surface area contributed by atoms with Crippen LogP contribution in [0.2, 0.25) is 0 Å². The maximum Gasteiger partial charge on any atom is 0.222 e. The van der Waals surface area contributed by atoms with Gasteiger partial charge in [-0.1, -0.05) is 30.3 Å². The topological polar surface area (TPSA) is 74.8 Å². The number of hydrogen-bond donors (Lipinski definition) is 3. The van der Waals surface area contributed by atoms with E-state index in [1.165, 1.54) is 0 Å². The minimum Gasteiger partial charge on any atom is -0.382 e. The molecule has 7 heteroatoms. The van der Waals surface area contributed by atoms with E-state index in [1.54, 1.807) is 0 Å². The van der Waals surface area contributed by atoms with Crippen LogP contribution in [0.4, 0.5) is 0 Å². The molecule has 6 nitrogen and oxygen atoms in total. The summed E-state index contributed by atoms with van der Waals surface area (Å²) >= 11 is 0. The number of unbranched alkanes of at least 4 members (excludes halogenated alkanes) is 1. The number of carbonyl (C=O) groups excluding carboxylic acids is 1. The van der Waals surface area contributed by atoms with E-state index in [-0.39, 0.29) is 29.9 Å². The van der Waals surface area contributed by atoms with E-state index in [4.69, 9.17) is 4.74 Å². The molecule has 0 aliphatic carbocycles. The standard InChI is InChI=1S/C19H32N4O2.HI/c1-3-20-19(21-13-8-9-15-25-4-2)22-14-12-18(24)23-16-17-10-6-5-7-11-17;/h5-7,10-11H,3-4,8-9,12-16H2,1-2H3,(H,23,24)(H2,20,21,22);1H. The highest BCUT2D eigenvalue weighted by molar-refractivity contribution is 14.0. The van der Waals surface area contributed by atoms with Crippen LogP contribution in [0.25, 0.3) is 0 Å². The van der Waals surface area contributed by atoms with Crippen LogP contribution in [-0.2, 0) is 16.1 Å². The Labute approximate surface area is 174 Å². The second-order valence-corrected chi connectivity index (χ2v) is 5.60. The van der Waals surface area contributed by atoms with Crippen molar-refractivity contribution >= 4 is 35.8 Å². The zero-order chi connectivity index (χ0) is 18.2. The Kier molecular flexibility index (Phi) is 16.2. The number of ether oxygens (including phenoxy) is 1. The van der Waals surface area contributed by atoms with E-state index >= 15 is 0 Å². The maximum absolute atomic E-state index is 11.9. The first-order valence-electron chi connectivity index (χ1n) is 9.16. The second kappa shape index (κ2) is 17.1. The summed E-state index contributed by atoms with van der Waals surface area (Å²) in [6.07, 6.45) is 2.42. The number of benzene rings is 1. The largest absolute Gasteiger partial charge is 0.382 e. The summed E-state index contributed by atoms with van der Waals surface area (Å²) in [4.78, 5) is 16.4. The van der Waals surface area contributed by atoms with Crippen LogP contribution in [0.15, 0.2) is 35.3 Å². The average Bonchev–Trinajstić information content (AvgIpc) is 2.63. The maximum atomic E-state index is 11.9. The first-order chi connectivity index (χ1) is 12.3. The van der Waals surface area contributed by atoms with Crippen molar-refractivity contribution in [1.82, 2.24) is 16.0 Å². The van der Waals surface area contributed by atoms with Gasteiger partial charge in [-0.25, -0.2) is 0 Å². The average molecular weight is 476 g/mol. The molecule has 0 heterocycles. The Balaban J connectivity index is 0.00000625. The molecule has 26 heavy (non-hydrogen) atoms. The lowest BCUT2D eigenvalue weighted by atomic mass is 10.2. The van der Waals surface area contributed by atoms with Crippen molar-refractivity contribution in [2.75, 3.05) is 32.8 Å². The van der Waals surface area contributed by atoms with Crippen molar-refractivity contribution in [3.05, 3.63) is 35.9 Å². The minimum atomic E-state index is 0. The van der Waals surface area contributed by atoms with Gasteiger partial charge in [-0.15, -0.1) is 24.0 Å². The van der Waals surface area contributed by atoms with Crippen LogP contribution in [0.1, 0.15) is 38.7 Å². The summed E-state index contributed by atoms with van der Waals surface area (Å²) in [7, 11) is 0.